The molecule has 13 heteroatoms. The van der Waals surface area contributed by atoms with Crippen molar-refractivity contribution in [2.24, 2.45) is 23.5 Å². The van der Waals surface area contributed by atoms with Crippen LogP contribution in [0.4, 0.5) is 5.69 Å². The van der Waals surface area contributed by atoms with Crippen LogP contribution in [0.1, 0.15) is 67.4 Å². The summed E-state index contributed by atoms with van der Waals surface area (Å²) in [4.78, 5) is 33.1. The fraction of sp³-hybridized carbons (Fsp3) is 0.590. The summed E-state index contributed by atoms with van der Waals surface area (Å²) in [7, 11) is -3.93. The zero-order valence-corrected chi connectivity index (χ0v) is 34.4. The Bertz CT molecular complexity index is 1700. The summed E-state index contributed by atoms with van der Waals surface area (Å²) < 4.78 is 40.2. The summed E-state index contributed by atoms with van der Waals surface area (Å²) in [6.45, 7) is 10.9. The number of hydrogen-bond acceptors (Lipinski definition) is 9. The van der Waals surface area contributed by atoms with Gasteiger partial charge in [-0.25, -0.2) is 13.1 Å². The number of ether oxygens (including phenoxy) is 2. The topological polar surface area (TPSA) is 131 Å². The Morgan fingerprint density at radius 3 is 2.56 bits per heavy atom. The Balaban J connectivity index is 0.000000412. The van der Waals surface area contributed by atoms with Crippen molar-refractivity contribution in [2.45, 2.75) is 63.0 Å². The highest BCUT2D eigenvalue weighted by Crippen LogP contribution is 2.46. The average Bonchev–Trinajstić information content (AvgIpc) is 3.27. The summed E-state index contributed by atoms with van der Waals surface area (Å²) in [5, 5.41) is -0.0854. The molecule has 10 nitrogen and oxygen atoms in total. The fourth-order valence-electron chi connectivity index (χ4n) is 8.01. The molecule has 52 heavy (non-hydrogen) atoms. The second kappa shape index (κ2) is 18.4. The monoisotopic (exact) mass is 868 g/mol. The Labute approximate surface area is 328 Å². The molecule has 286 valence electrons. The summed E-state index contributed by atoms with van der Waals surface area (Å²) in [6.07, 6.45) is 8.60. The molecule has 5 atom stereocenters. The predicted molar refractivity (Wildman–Crippen MR) is 216 cm³/mol. The van der Waals surface area contributed by atoms with Gasteiger partial charge in [0.05, 0.1) is 30.8 Å². The van der Waals surface area contributed by atoms with Gasteiger partial charge in [-0.05, 0) is 110 Å². The predicted octanol–water partition coefficient (Wildman–Crippen LogP) is 5.78. The van der Waals surface area contributed by atoms with E-state index in [0.29, 0.717) is 31.9 Å². The zero-order chi connectivity index (χ0) is 37.5. The van der Waals surface area contributed by atoms with Crippen LogP contribution in [-0.2, 0) is 31.4 Å². The van der Waals surface area contributed by atoms with Crippen molar-refractivity contribution in [3.05, 3.63) is 70.3 Å². The molecule has 0 radical (unpaired) electrons. The minimum absolute atomic E-state index is 0.0666. The highest BCUT2D eigenvalue weighted by molar-refractivity contribution is 14.1. The first kappa shape index (κ1) is 40.9. The first-order valence-corrected chi connectivity index (χ1v) is 22.5. The largest absolute Gasteiger partial charge is 0.490 e. The van der Waals surface area contributed by atoms with Crippen LogP contribution in [0.25, 0.3) is 0 Å². The Hall–Kier alpha value is -2.23. The number of sulfonamides is 1. The standard InChI is InChI=1S/C32H37ClN2O5S.C6H14N2O.CH3I/c1-20-5-3-7-29(36)26-11-8-24(26)17-35-18-32(14-4-6-22-15-25(33)10-12-27(22)32)19-40-30-13-9-23(16-28(30)35)31(37)34-41(38,39)21(20)2;7-1-2-8-3-5-9-6-4-8;1-2/h3,7,9-10,12-13,15-16,20-21,24,26H,4-6,8,11,14,17-19H2,1-2H3,(H,34,37);1-7H2;1H3/b7-3+;;/t20-,21+,24-,26+,32-;;/m0../s1. The molecule has 2 bridgehead atoms. The molecule has 3 heterocycles. The number of amides is 1. The Morgan fingerprint density at radius 2 is 1.85 bits per heavy atom. The maximum absolute atomic E-state index is 13.3. The molecule has 2 aromatic carbocycles. The second-order valence-corrected chi connectivity index (χ2v) is 17.1. The lowest BCUT2D eigenvalue weighted by atomic mass is 9.68. The van der Waals surface area contributed by atoms with E-state index in [0.717, 1.165) is 82.2 Å². The molecule has 1 amide bonds. The van der Waals surface area contributed by atoms with Gasteiger partial charge in [-0.1, -0.05) is 53.3 Å². The molecule has 0 unspecified atom stereocenters. The lowest BCUT2D eigenvalue weighted by Gasteiger charge is -2.44. The maximum Gasteiger partial charge on any atom is 0.264 e. The van der Waals surface area contributed by atoms with Gasteiger partial charge in [-0.15, -0.1) is 0 Å². The van der Waals surface area contributed by atoms with Gasteiger partial charge in [-0.3, -0.25) is 14.5 Å². The summed E-state index contributed by atoms with van der Waals surface area (Å²) >= 11 is 8.52. The molecule has 3 aliphatic heterocycles. The van der Waals surface area contributed by atoms with Gasteiger partial charge >= 0.3 is 0 Å². The first-order chi connectivity index (χ1) is 25.0. The number of morpholine rings is 1. The highest BCUT2D eigenvalue weighted by Gasteiger charge is 2.44. The third-order valence-corrected chi connectivity index (χ3v) is 13.6. The normalized spacial score (nSPS) is 29.2. The van der Waals surface area contributed by atoms with E-state index in [9.17, 15) is 18.0 Å². The number of aryl methyl sites for hydroxylation is 1. The molecule has 0 aromatic heterocycles. The van der Waals surface area contributed by atoms with Crippen LogP contribution in [-0.4, -0.2) is 94.3 Å². The van der Waals surface area contributed by atoms with Crippen LogP contribution < -0.4 is 20.1 Å². The van der Waals surface area contributed by atoms with Crippen LogP contribution in [0.3, 0.4) is 0 Å². The van der Waals surface area contributed by atoms with Crippen LogP contribution in [0.5, 0.6) is 5.75 Å². The average molecular weight is 869 g/mol. The van der Waals surface area contributed by atoms with E-state index in [4.69, 9.17) is 26.8 Å². The second-order valence-electron chi connectivity index (χ2n) is 14.7. The number of halogens is 2. The molecule has 1 spiro atoms. The minimum Gasteiger partial charge on any atom is -0.490 e. The van der Waals surface area contributed by atoms with Crippen molar-refractivity contribution in [1.29, 1.82) is 0 Å². The Morgan fingerprint density at radius 1 is 1.08 bits per heavy atom. The Kier molecular flexibility index (Phi) is 14.5. The minimum atomic E-state index is -3.93. The van der Waals surface area contributed by atoms with Crippen LogP contribution in [0.15, 0.2) is 48.6 Å². The molecule has 7 rings (SSSR count). The number of nitrogens with zero attached hydrogens (tertiary/aromatic N) is 2. The van der Waals surface area contributed by atoms with Gasteiger partial charge in [0, 0.05) is 61.2 Å². The SMILES string of the molecule is CI.C[C@@H]1[C@@H](C)C/C=C/C(=O)[C@@H]2CC[C@H]2CN2C[C@@]3(CCCc4cc(Cl)ccc43)COc3ccc(cc32)C(=O)NS1(=O)=O.NCCN1CCOCC1. The number of ketones is 1. The van der Waals surface area contributed by atoms with Crippen molar-refractivity contribution < 1.29 is 27.5 Å². The quantitative estimate of drug-likeness (QED) is 0.285. The molecular weight excluding hydrogens is 815 g/mol. The van der Waals surface area contributed by atoms with Gasteiger partial charge in [0.25, 0.3) is 5.91 Å². The molecule has 2 aliphatic carbocycles. The van der Waals surface area contributed by atoms with E-state index in [1.165, 1.54) is 11.1 Å². The van der Waals surface area contributed by atoms with Crippen molar-refractivity contribution in [3.63, 3.8) is 0 Å². The maximum atomic E-state index is 13.3. The van der Waals surface area contributed by atoms with E-state index in [2.05, 4.69) is 49.2 Å². The lowest BCUT2D eigenvalue weighted by Crippen LogP contribution is -2.49. The molecular formula is C39H54ClIN4O6S. The number of alkyl halides is 1. The molecule has 2 fully saturated rings. The van der Waals surface area contributed by atoms with Gasteiger partial charge in [0.15, 0.2) is 5.78 Å². The number of carbonyl (C=O) groups is 2. The van der Waals surface area contributed by atoms with Gasteiger partial charge in [-0.2, -0.15) is 0 Å². The number of nitrogens with two attached hydrogens (primary N) is 1. The van der Waals surface area contributed by atoms with Crippen LogP contribution in [0, 0.1) is 17.8 Å². The molecule has 1 saturated carbocycles. The van der Waals surface area contributed by atoms with E-state index < -0.39 is 21.2 Å². The van der Waals surface area contributed by atoms with E-state index in [1.54, 1.807) is 37.3 Å². The number of anilines is 1. The molecule has 1 saturated heterocycles. The summed E-state index contributed by atoms with van der Waals surface area (Å²) in [6, 6.07) is 11.3. The van der Waals surface area contributed by atoms with Gasteiger partial charge in [0.2, 0.25) is 10.0 Å². The van der Waals surface area contributed by atoms with E-state index in [1.807, 2.05) is 17.9 Å². The van der Waals surface area contributed by atoms with E-state index >= 15 is 0 Å². The number of carbonyl (C=O) groups excluding carboxylic acids is 2. The lowest BCUT2D eigenvalue weighted by molar-refractivity contribution is -0.122. The molecule has 5 aliphatic rings. The summed E-state index contributed by atoms with van der Waals surface area (Å²) in [5.74, 6) is -0.0319. The van der Waals surface area contributed by atoms with Crippen LogP contribution >= 0.6 is 34.2 Å². The number of rotatable bonds is 2. The number of hydrogen-bond donors (Lipinski definition) is 2. The number of fused-ring (bicyclic) bond motifs is 4. The molecule has 2 aromatic rings. The highest BCUT2D eigenvalue weighted by atomic mass is 127. The van der Waals surface area contributed by atoms with Gasteiger partial charge in [0.1, 0.15) is 5.75 Å². The van der Waals surface area contributed by atoms with Crippen LogP contribution in [0.2, 0.25) is 5.02 Å². The number of allylic oxidation sites excluding steroid dienone is 2. The van der Waals surface area contributed by atoms with Gasteiger partial charge < -0.3 is 20.1 Å². The van der Waals surface area contributed by atoms with Crippen molar-refractivity contribution in [3.8, 4) is 5.75 Å². The number of benzene rings is 2. The summed E-state index contributed by atoms with van der Waals surface area (Å²) in [5.41, 5.74) is 8.60. The molecule has 3 N–H and O–H groups in total. The third kappa shape index (κ3) is 9.52. The third-order valence-electron chi connectivity index (χ3n) is 11.4. The smallest absolute Gasteiger partial charge is 0.264 e. The fourth-order valence-corrected chi connectivity index (χ4v) is 9.49. The van der Waals surface area contributed by atoms with Crippen molar-refractivity contribution in [2.75, 3.05) is 68.9 Å². The van der Waals surface area contributed by atoms with Crippen molar-refractivity contribution in [1.82, 2.24) is 9.62 Å². The zero-order valence-electron chi connectivity index (χ0n) is 30.6. The van der Waals surface area contributed by atoms with E-state index in [-0.39, 0.29) is 34.5 Å². The first-order valence-electron chi connectivity index (χ1n) is 18.4. The number of nitrogens with one attached hydrogen (secondary N) is 1. The van der Waals surface area contributed by atoms with Crippen molar-refractivity contribution >= 4 is 61.6 Å².